The Kier molecular flexibility index (Phi) is 5.57. The summed E-state index contributed by atoms with van der Waals surface area (Å²) >= 11 is 0. The van der Waals surface area contributed by atoms with E-state index < -0.39 is 56.4 Å². The van der Waals surface area contributed by atoms with Crippen molar-refractivity contribution in [3.05, 3.63) is 24.3 Å². The van der Waals surface area contributed by atoms with Gasteiger partial charge in [0.2, 0.25) is 5.91 Å². The fourth-order valence-electron chi connectivity index (χ4n) is 3.56. The van der Waals surface area contributed by atoms with E-state index in [1.54, 1.807) is 58.9 Å². The number of carbonyl (C=O) groups excluding carboxylic acids is 3. The molecule has 0 aromatic heterocycles. The van der Waals surface area contributed by atoms with Gasteiger partial charge >= 0.3 is 5.97 Å². The molecule has 30 heavy (non-hydrogen) atoms. The number of nitrogens with one attached hydrogen (secondary N) is 1. The van der Waals surface area contributed by atoms with Gasteiger partial charge in [-0.1, -0.05) is 0 Å². The average molecular weight is 438 g/mol. The van der Waals surface area contributed by atoms with Crippen molar-refractivity contribution in [2.75, 3.05) is 12.3 Å². The normalized spacial score (nSPS) is 27.1. The van der Waals surface area contributed by atoms with Crippen molar-refractivity contribution in [1.29, 1.82) is 0 Å². The van der Waals surface area contributed by atoms with E-state index in [1.165, 1.54) is 4.90 Å². The fourth-order valence-corrected chi connectivity index (χ4v) is 5.48. The van der Waals surface area contributed by atoms with Crippen LogP contribution in [0.25, 0.3) is 0 Å². The minimum absolute atomic E-state index is 0.314. The van der Waals surface area contributed by atoms with Crippen LogP contribution in [0.4, 0.5) is 5.69 Å². The third-order valence-electron chi connectivity index (χ3n) is 4.95. The lowest BCUT2D eigenvalue weighted by atomic mass is 9.95. The zero-order chi connectivity index (χ0) is 22.4. The molecule has 1 aromatic rings. The van der Waals surface area contributed by atoms with Gasteiger partial charge in [0.05, 0.1) is 15.5 Å². The second-order valence-corrected chi connectivity index (χ2v) is 11.0. The summed E-state index contributed by atoms with van der Waals surface area (Å²) < 4.78 is 22.8. The van der Waals surface area contributed by atoms with Crippen LogP contribution in [0, 0.1) is 0 Å². The zero-order valence-electron chi connectivity index (χ0n) is 17.6. The Morgan fingerprint density at radius 1 is 1.23 bits per heavy atom. The van der Waals surface area contributed by atoms with E-state index in [0.29, 0.717) is 11.4 Å². The number of nitrogens with two attached hydrogens (primary N) is 1. The first-order valence-corrected chi connectivity index (χ1v) is 10.8. The number of carbonyl (C=O) groups is 3. The van der Waals surface area contributed by atoms with Crippen molar-refractivity contribution in [3.63, 3.8) is 0 Å². The van der Waals surface area contributed by atoms with Gasteiger partial charge < -0.3 is 25.4 Å². The van der Waals surface area contributed by atoms with Crippen molar-refractivity contribution < 1.29 is 28.1 Å². The van der Waals surface area contributed by atoms with E-state index in [0.717, 1.165) is 0 Å². The molecule has 2 saturated heterocycles. The summed E-state index contributed by atoms with van der Waals surface area (Å²) in [5.41, 5.74) is 5.43. The lowest BCUT2D eigenvalue weighted by Crippen LogP contribution is -2.72. The number of ether oxygens (including phenoxy) is 2. The maximum absolute atomic E-state index is 13.0. The molecule has 1 aromatic carbocycles. The summed E-state index contributed by atoms with van der Waals surface area (Å²) in [5, 5.41) is 1.78. The highest BCUT2D eigenvalue weighted by Crippen LogP contribution is 2.44. The number of rotatable bonds is 5. The van der Waals surface area contributed by atoms with E-state index in [4.69, 9.17) is 15.2 Å². The summed E-state index contributed by atoms with van der Waals surface area (Å²) in [6, 6.07) is 4.58. The maximum Gasteiger partial charge on any atom is 0.330 e. The topological polar surface area (TPSA) is 128 Å². The number of benzene rings is 1. The predicted octanol–water partition coefficient (Wildman–Crippen LogP) is 0.552. The smallest absolute Gasteiger partial charge is 0.330 e. The van der Waals surface area contributed by atoms with Gasteiger partial charge in [-0.05, 0) is 58.9 Å². The second-order valence-electron chi connectivity index (χ2n) is 8.88. The molecule has 4 atom stereocenters. The van der Waals surface area contributed by atoms with Gasteiger partial charge in [-0.3, -0.25) is 13.8 Å². The highest BCUT2D eigenvalue weighted by Gasteiger charge is 2.68. The Morgan fingerprint density at radius 3 is 2.40 bits per heavy atom. The largest absolute Gasteiger partial charge is 0.484 e. The summed E-state index contributed by atoms with van der Waals surface area (Å²) in [4.78, 5) is 39.0. The van der Waals surface area contributed by atoms with Crippen LogP contribution in [-0.4, -0.2) is 61.3 Å². The predicted molar refractivity (Wildman–Crippen MR) is 111 cm³/mol. The van der Waals surface area contributed by atoms with Gasteiger partial charge in [0.1, 0.15) is 28.8 Å². The quantitative estimate of drug-likeness (QED) is 0.391. The molecule has 2 fully saturated rings. The molecule has 10 heteroatoms. The van der Waals surface area contributed by atoms with Crippen molar-refractivity contribution in [2.45, 2.75) is 62.4 Å². The molecule has 0 radical (unpaired) electrons. The highest BCUT2D eigenvalue weighted by molar-refractivity contribution is 7.87. The first-order valence-electron chi connectivity index (χ1n) is 9.56. The molecule has 0 aliphatic carbocycles. The Balaban J connectivity index is 1.66. The zero-order valence-corrected chi connectivity index (χ0v) is 18.4. The summed E-state index contributed by atoms with van der Waals surface area (Å²) in [6.45, 7) is 8.18. The van der Waals surface area contributed by atoms with Gasteiger partial charge in [-0.15, -0.1) is 0 Å². The minimum atomic E-state index is -1.58. The van der Waals surface area contributed by atoms with Crippen LogP contribution in [0.15, 0.2) is 24.3 Å². The van der Waals surface area contributed by atoms with Crippen LogP contribution < -0.4 is 15.8 Å². The van der Waals surface area contributed by atoms with E-state index >= 15 is 0 Å². The fraction of sp³-hybridized carbons (Fsp3) is 0.550. The first-order chi connectivity index (χ1) is 13.8. The molecular weight excluding hydrogens is 410 g/mol. The van der Waals surface area contributed by atoms with Crippen LogP contribution in [0.3, 0.4) is 0 Å². The average Bonchev–Trinajstić information content (AvgIpc) is 2.82. The third kappa shape index (κ3) is 4.00. The highest BCUT2D eigenvalue weighted by atomic mass is 32.2. The van der Waals surface area contributed by atoms with Gasteiger partial charge in [-0.25, -0.2) is 4.79 Å². The molecule has 2 amide bonds. The molecule has 0 unspecified atom stereocenters. The first kappa shape index (κ1) is 22.1. The summed E-state index contributed by atoms with van der Waals surface area (Å²) in [7, 11) is -1.58. The number of hydrogen-bond acceptors (Lipinski definition) is 7. The molecular formula is C20H27N3O6S. The number of anilines is 1. The molecule has 2 aliphatic rings. The standard InChI is InChI=1S/C20H27N3O6S/c1-19(2,3)29-18(26)15-20(4,5)30(27)17-14(16(25)23(15)17)22-13(24)10-28-12-8-6-11(21)7-9-12/h6-9,14-15,17H,10,21H2,1-5H3,(H,22,24)/t14-,15+,17-,30-/m1/s1. The van der Waals surface area contributed by atoms with Crippen LogP contribution in [0.2, 0.25) is 0 Å². The molecule has 9 nitrogen and oxygen atoms in total. The van der Waals surface area contributed by atoms with E-state index in [2.05, 4.69) is 5.32 Å². The summed E-state index contributed by atoms with van der Waals surface area (Å²) in [5.74, 6) is -1.14. The van der Waals surface area contributed by atoms with Gasteiger partial charge in [0.15, 0.2) is 6.61 Å². The van der Waals surface area contributed by atoms with Crippen LogP contribution in [0.5, 0.6) is 5.75 Å². The molecule has 0 spiro atoms. The number of β-lactam (4-membered cyclic amide) rings is 1. The van der Waals surface area contributed by atoms with Crippen LogP contribution in [-0.2, 0) is 29.9 Å². The van der Waals surface area contributed by atoms with Crippen molar-refractivity contribution >= 4 is 34.3 Å². The monoisotopic (exact) mass is 437 g/mol. The van der Waals surface area contributed by atoms with Crippen molar-refractivity contribution in [1.82, 2.24) is 10.2 Å². The van der Waals surface area contributed by atoms with E-state index in [9.17, 15) is 18.6 Å². The van der Waals surface area contributed by atoms with E-state index in [1.807, 2.05) is 0 Å². The lowest BCUT2D eigenvalue weighted by Gasteiger charge is -2.43. The van der Waals surface area contributed by atoms with E-state index in [-0.39, 0.29) is 6.61 Å². The number of esters is 1. The molecule has 3 rings (SSSR count). The Morgan fingerprint density at radius 2 is 1.83 bits per heavy atom. The summed E-state index contributed by atoms with van der Waals surface area (Å²) in [6.07, 6.45) is 0. The van der Waals surface area contributed by atoms with Crippen LogP contribution >= 0.6 is 0 Å². The number of fused-ring (bicyclic) bond motifs is 1. The molecule has 2 heterocycles. The molecule has 3 N–H and O–H groups in total. The molecule has 0 saturated carbocycles. The van der Waals surface area contributed by atoms with Crippen molar-refractivity contribution in [2.24, 2.45) is 0 Å². The Hall–Kier alpha value is -2.62. The Bertz CT molecular complexity index is 893. The van der Waals surface area contributed by atoms with Gasteiger partial charge in [0.25, 0.3) is 5.91 Å². The second kappa shape index (κ2) is 7.57. The lowest BCUT2D eigenvalue weighted by molar-refractivity contribution is -0.171. The van der Waals surface area contributed by atoms with Crippen molar-refractivity contribution in [3.8, 4) is 5.75 Å². The maximum atomic E-state index is 13.0. The number of nitrogens with zero attached hydrogens (tertiary/aromatic N) is 1. The Labute approximate surface area is 177 Å². The number of amides is 2. The van der Waals surface area contributed by atoms with Gasteiger partial charge in [-0.2, -0.15) is 0 Å². The third-order valence-corrected chi connectivity index (χ3v) is 7.15. The molecule has 164 valence electrons. The van der Waals surface area contributed by atoms with Gasteiger partial charge in [0, 0.05) is 5.69 Å². The number of nitrogen functional groups attached to an aromatic ring is 1. The minimum Gasteiger partial charge on any atom is -0.484 e. The van der Waals surface area contributed by atoms with Crippen LogP contribution in [0.1, 0.15) is 34.6 Å². The molecule has 0 bridgehead atoms. The number of hydrogen-bond donors (Lipinski definition) is 2. The SMILES string of the molecule is CC(C)(C)OC(=O)[C@@H]1N2C(=O)[C@@H](NC(=O)COc3ccc(N)cc3)[C@H]2[S@@](=O)C1(C)C. The molecule has 2 aliphatic heterocycles.